The Kier molecular flexibility index (Phi) is 8.47. The van der Waals surface area contributed by atoms with E-state index in [1.807, 2.05) is 13.1 Å². The van der Waals surface area contributed by atoms with Gasteiger partial charge in [0.2, 0.25) is 0 Å². The molecule has 1 aromatic carbocycles. The van der Waals surface area contributed by atoms with Gasteiger partial charge in [-0.1, -0.05) is 25.3 Å². The van der Waals surface area contributed by atoms with Crippen LogP contribution in [0.3, 0.4) is 0 Å². The number of aliphatic imine (C=N–C) groups is 1. The van der Waals surface area contributed by atoms with E-state index in [0.29, 0.717) is 12.1 Å². The molecule has 0 spiro atoms. The predicted molar refractivity (Wildman–Crippen MR) is 129 cm³/mol. The molecule has 1 aliphatic heterocycles. The van der Waals surface area contributed by atoms with Crippen LogP contribution >= 0.6 is 0 Å². The number of nitrogens with one attached hydrogen (secondary N) is 2. The Balaban J connectivity index is 1.67. The number of methoxy groups -OCH3 is 2. The number of likely N-dealkylation sites (tertiary alicyclic amines) is 1. The van der Waals surface area contributed by atoms with Crippen molar-refractivity contribution in [1.82, 2.24) is 15.5 Å². The van der Waals surface area contributed by atoms with Gasteiger partial charge < -0.3 is 25.0 Å². The molecule has 174 valence electrons. The molecule has 6 heteroatoms. The van der Waals surface area contributed by atoms with Crippen molar-refractivity contribution in [2.75, 3.05) is 40.9 Å². The number of nitrogens with zero attached hydrogens (tertiary/aromatic N) is 2. The first-order valence-electron chi connectivity index (χ1n) is 11.9. The van der Waals surface area contributed by atoms with Crippen LogP contribution in [0.15, 0.2) is 23.2 Å². The number of ether oxygens (including phenoxy) is 2. The van der Waals surface area contributed by atoms with Crippen LogP contribution in [0.25, 0.3) is 0 Å². The van der Waals surface area contributed by atoms with Crippen LogP contribution in [0.4, 0.5) is 0 Å². The van der Waals surface area contributed by atoms with Crippen molar-refractivity contribution in [1.29, 1.82) is 0 Å². The zero-order valence-electron chi connectivity index (χ0n) is 20.2. The zero-order chi connectivity index (χ0) is 22.3. The number of guanidine groups is 1. The van der Waals surface area contributed by atoms with Crippen LogP contribution in [0, 0.1) is 0 Å². The molecule has 2 aliphatic rings. The highest BCUT2D eigenvalue weighted by atomic mass is 16.5. The lowest BCUT2D eigenvalue weighted by atomic mass is 9.69. The highest BCUT2D eigenvalue weighted by Gasteiger charge is 2.35. The standard InChI is InChI=1S/C25H42N4O2/c1-19(2)29-15-11-21(12-16-29)28-24(26-3)27-18-25(13-7-6-8-14-25)20-9-10-22(30-4)23(17-20)31-5/h9-10,17,19,21H,6-8,11-16,18H2,1-5H3,(H2,26,27,28). The summed E-state index contributed by atoms with van der Waals surface area (Å²) in [5, 5.41) is 7.36. The van der Waals surface area contributed by atoms with Gasteiger partial charge in [-0.05, 0) is 57.2 Å². The van der Waals surface area contributed by atoms with Crippen molar-refractivity contribution < 1.29 is 9.47 Å². The van der Waals surface area contributed by atoms with E-state index < -0.39 is 0 Å². The number of hydrogen-bond donors (Lipinski definition) is 2. The summed E-state index contributed by atoms with van der Waals surface area (Å²) in [7, 11) is 5.28. The molecule has 1 aromatic rings. The minimum Gasteiger partial charge on any atom is -0.493 e. The lowest BCUT2D eigenvalue weighted by molar-refractivity contribution is 0.167. The van der Waals surface area contributed by atoms with Crippen molar-refractivity contribution in [3.8, 4) is 11.5 Å². The van der Waals surface area contributed by atoms with E-state index in [9.17, 15) is 0 Å². The molecular formula is C25H42N4O2. The van der Waals surface area contributed by atoms with Gasteiger partial charge in [0.1, 0.15) is 0 Å². The number of benzene rings is 1. The number of rotatable bonds is 7. The maximum absolute atomic E-state index is 5.60. The van der Waals surface area contributed by atoms with Crippen molar-refractivity contribution in [2.45, 2.75) is 76.3 Å². The fourth-order valence-corrected chi connectivity index (χ4v) is 5.16. The highest BCUT2D eigenvalue weighted by molar-refractivity contribution is 5.80. The van der Waals surface area contributed by atoms with Gasteiger partial charge in [-0.2, -0.15) is 0 Å². The van der Waals surface area contributed by atoms with Gasteiger partial charge in [-0.3, -0.25) is 4.99 Å². The second-order valence-electron chi connectivity index (χ2n) is 9.38. The molecule has 31 heavy (non-hydrogen) atoms. The Morgan fingerprint density at radius 3 is 2.35 bits per heavy atom. The molecule has 1 heterocycles. The maximum Gasteiger partial charge on any atom is 0.191 e. The quantitative estimate of drug-likeness (QED) is 0.507. The first kappa shape index (κ1) is 23.7. The molecule has 6 nitrogen and oxygen atoms in total. The molecule has 0 radical (unpaired) electrons. The Morgan fingerprint density at radius 1 is 1.10 bits per heavy atom. The molecule has 0 amide bonds. The second kappa shape index (κ2) is 11.1. The molecule has 2 fully saturated rings. The first-order chi connectivity index (χ1) is 15.0. The topological polar surface area (TPSA) is 58.1 Å². The van der Waals surface area contributed by atoms with E-state index in [1.165, 1.54) is 50.5 Å². The highest BCUT2D eigenvalue weighted by Crippen LogP contribution is 2.42. The van der Waals surface area contributed by atoms with Crippen molar-refractivity contribution in [3.05, 3.63) is 23.8 Å². The molecule has 0 atom stereocenters. The average molecular weight is 431 g/mol. The summed E-state index contributed by atoms with van der Waals surface area (Å²) in [4.78, 5) is 7.10. The monoisotopic (exact) mass is 430 g/mol. The molecule has 2 N–H and O–H groups in total. The van der Waals surface area contributed by atoms with Crippen molar-refractivity contribution in [3.63, 3.8) is 0 Å². The summed E-state index contributed by atoms with van der Waals surface area (Å²) in [6.45, 7) is 7.76. The Labute approximate surface area is 188 Å². The summed E-state index contributed by atoms with van der Waals surface area (Å²) in [6, 6.07) is 7.55. The molecule has 3 rings (SSSR count). The summed E-state index contributed by atoms with van der Waals surface area (Å²) in [5.41, 5.74) is 1.43. The van der Waals surface area contributed by atoms with Gasteiger partial charge in [-0.25, -0.2) is 0 Å². The van der Waals surface area contributed by atoms with E-state index in [0.717, 1.165) is 37.1 Å². The predicted octanol–water partition coefficient (Wildman–Crippen LogP) is 3.94. The van der Waals surface area contributed by atoms with Crippen LogP contribution in [0.1, 0.15) is 64.4 Å². The van der Waals surface area contributed by atoms with Crippen LogP contribution in [-0.4, -0.2) is 63.8 Å². The summed E-state index contributed by atoms with van der Waals surface area (Å²) < 4.78 is 11.1. The second-order valence-corrected chi connectivity index (χ2v) is 9.38. The summed E-state index contributed by atoms with van der Waals surface area (Å²) in [5.74, 6) is 2.52. The average Bonchev–Trinajstić information content (AvgIpc) is 2.82. The van der Waals surface area contributed by atoms with Crippen LogP contribution in [0.2, 0.25) is 0 Å². The zero-order valence-corrected chi connectivity index (χ0v) is 20.2. The summed E-state index contributed by atoms with van der Waals surface area (Å²) in [6.07, 6.45) is 8.53. The van der Waals surface area contributed by atoms with E-state index in [4.69, 9.17) is 9.47 Å². The van der Waals surface area contributed by atoms with Crippen LogP contribution < -0.4 is 20.1 Å². The third-order valence-electron chi connectivity index (χ3n) is 7.23. The van der Waals surface area contributed by atoms with Crippen LogP contribution in [-0.2, 0) is 5.41 Å². The molecule has 0 bridgehead atoms. The third-order valence-corrected chi connectivity index (χ3v) is 7.23. The fraction of sp³-hybridized carbons (Fsp3) is 0.720. The normalized spacial score (nSPS) is 20.5. The maximum atomic E-state index is 5.60. The van der Waals surface area contributed by atoms with E-state index in [2.05, 4.69) is 46.5 Å². The van der Waals surface area contributed by atoms with Gasteiger partial charge in [0, 0.05) is 44.2 Å². The molecule has 0 unspecified atom stereocenters. The first-order valence-corrected chi connectivity index (χ1v) is 11.9. The minimum atomic E-state index is 0.0937. The third kappa shape index (κ3) is 5.85. The molecule has 0 aromatic heterocycles. The number of hydrogen-bond acceptors (Lipinski definition) is 4. The van der Waals surface area contributed by atoms with E-state index in [1.54, 1.807) is 14.2 Å². The largest absolute Gasteiger partial charge is 0.493 e. The molecule has 1 saturated carbocycles. The van der Waals surface area contributed by atoms with Crippen molar-refractivity contribution >= 4 is 5.96 Å². The van der Waals surface area contributed by atoms with Gasteiger partial charge in [0.15, 0.2) is 17.5 Å². The minimum absolute atomic E-state index is 0.0937. The Hall–Kier alpha value is -1.95. The lowest BCUT2D eigenvalue weighted by Gasteiger charge is -2.39. The SMILES string of the molecule is CN=C(NCC1(c2ccc(OC)c(OC)c2)CCCCC1)NC1CCN(C(C)C)CC1. The van der Waals surface area contributed by atoms with Gasteiger partial charge in [0.25, 0.3) is 0 Å². The lowest BCUT2D eigenvalue weighted by Crippen LogP contribution is -2.52. The molecule has 1 aliphatic carbocycles. The Bertz CT molecular complexity index is 720. The van der Waals surface area contributed by atoms with E-state index >= 15 is 0 Å². The fourth-order valence-electron chi connectivity index (χ4n) is 5.16. The Morgan fingerprint density at radius 2 is 1.77 bits per heavy atom. The summed E-state index contributed by atoms with van der Waals surface area (Å²) >= 11 is 0. The molecular weight excluding hydrogens is 388 g/mol. The van der Waals surface area contributed by atoms with Crippen LogP contribution in [0.5, 0.6) is 11.5 Å². The molecule has 1 saturated heterocycles. The van der Waals surface area contributed by atoms with Crippen molar-refractivity contribution in [2.24, 2.45) is 4.99 Å². The van der Waals surface area contributed by atoms with Gasteiger partial charge >= 0.3 is 0 Å². The number of piperidine rings is 1. The van der Waals surface area contributed by atoms with Gasteiger partial charge in [0.05, 0.1) is 14.2 Å². The van der Waals surface area contributed by atoms with Gasteiger partial charge in [-0.15, -0.1) is 0 Å². The smallest absolute Gasteiger partial charge is 0.191 e. The van der Waals surface area contributed by atoms with E-state index in [-0.39, 0.29) is 5.41 Å².